The van der Waals surface area contributed by atoms with Crippen molar-refractivity contribution in [3.8, 4) is 5.75 Å². The van der Waals surface area contributed by atoms with Crippen LogP contribution in [0.2, 0.25) is 5.28 Å². The molecule has 0 saturated heterocycles. The lowest BCUT2D eigenvalue weighted by molar-refractivity contribution is -0.432. The Morgan fingerprint density at radius 2 is 1.66 bits per heavy atom. The van der Waals surface area contributed by atoms with Crippen LogP contribution in [0, 0.1) is 0 Å². The van der Waals surface area contributed by atoms with E-state index in [4.69, 9.17) is 16.9 Å². The molecule has 0 bridgehead atoms. The van der Waals surface area contributed by atoms with Gasteiger partial charge in [0.1, 0.15) is 11.4 Å². The number of phenolic OH excluding ortho intramolecular Hbond substituents is 1. The van der Waals surface area contributed by atoms with E-state index in [-0.39, 0.29) is 57.1 Å². The van der Waals surface area contributed by atoms with Crippen molar-refractivity contribution >= 4 is 92.0 Å². The van der Waals surface area contributed by atoms with E-state index in [2.05, 4.69) is 50.4 Å². The number of aliphatic hydroxyl groups is 1. The molecule has 19 nitrogen and oxygen atoms in total. The average Bonchev–Trinajstić information content (AvgIpc) is 3.18. The maximum atomic E-state index is 12.4. The van der Waals surface area contributed by atoms with Crippen LogP contribution in [0.25, 0.3) is 0 Å². The zero-order valence-electron chi connectivity index (χ0n) is 28.5. The molecule has 0 radical (unpaired) electrons. The molecule has 0 atom stereocenters. The van der Waals surface area contributed by atoms with Gasteiger partial charge >= 0.3 is 5.97 Å². The van der Waals surface area contributed by atoms with Gasteiger partial charge < -0.3 is 25.5 Å². The number of para-hydroxylation sites is 1. The van der Waals surface area contributed by atoms with Gasteiger partial charge in [0.05, 0.1) is 34.8 Å². The summed E-state index contributed by atoms with van der Waals surface area (Å²) in [7, 11) is -4.87. The fourth-order valence-electron chi connectivity index (χ4n) is 4.68. The Hall–Kier alpha value is -5.43. The van der Waals surface area contributed by atoms with Crippen molar-refractivity contribution < 1.29 is 47.7 Å². The standard InChI is InChI=1S/C33H30ClN9O10S3/c34-31-36-32(38-33(37-31)43(13-15-54-16-14-44)21-9-5-2-6-10-21)35-26-18-23(56(49,50)51)19-27(28(26)45)40-42-29(20-7-3-1-4-8-20)41-39-25-12-11-22(55-53-52-48)17-24(25)30(46)47/h1-12,17-19,40,44-45,48H,13-16H2,(H,46,47)(H,49,50,51)(H,35,36,37,38). The van der Waals surface area contributed by atoms with Crippen molar-refractivity contribution in [2.45, 2.75) is 9.79 Å². The molecule has 7 N–H and O–H groups in total. The van der Waals surface area contributed by atoms with Crippen LogP contribution in [-0.4, -0.2) is 85.0 Å². The number of thioether (sulfide) groups is 1. The van der Waals surface area contributed by atoms with Crippen molar-refractivity contribution in [3.63, 3.8) is 0 Å². The second-order valence-electron chi connectivity index (χ2n) is 10.8. The van der Waals surface area contributed by atoms with Crippen LogP contribution in [0.3, 0.4) is 0 Å². The predicted octanol–water partition coefficient (Wildman–Crippen LogP) is 6.77. The lowest BCUT2D eigenvalue weighted by Gasteiger charge is -2.23. The number of aromatic hydroxyl groups is 1. The summed E-state index contributed by atoms with van der Waals surface area (Å²) in [5.74, 6) is -1.08. The topological polar surface area (TPSA) is 274 Å². The number of hydrazone groups is 1. The van der Waals surface area contributed by atoms with Gasteiger partial charge in [-0.15, -0.1) is 14.6 Å². The average molecular weight is 844 g/mol. The van der Waals surface area contributed by atoms with Crippen LogP contribution in [0.1, 0.15) is 15.9 Å². The summed E-state index contributed by atoms with van der Waals surface area (Å²) in [6.45, 7) is 0.414. The Bertz CT molecular complexity index is 2310. The highest BCUT2D eigenvalue weighted by Crippen LogP contribution is 2.37. The number of halogens is 1. The minimum Gasteiger partial charge on any atom is -0.504 e. The third kappa shape index (κ3) is 11.5. The van der Waals surface area contributed by atoms with Crippen molar-refractivity contribution in [2.75, 3.05) is 40.3 Å². The van der Waals surface area contributed by atoms with E-state index >= 15 is 0 Å². The number of hydrogen-bond acceptors (Lipinski definition) is 18. The maximum absolute atomic E-state index is 12.4. The summed E-state index contributed by atoms with van der Waals surface area (Å²) in [6, 6.07) is 23.2. The normalized spacial score (nSPS) is 11.8. The van der Waals surface area contributed by atoms with Gasteiger partial charge in [-0.1, -0.05) is 53.6 Å². The van der Waals surface area contributed by atoms with Gasteiger partial charge in [-0.3, -0.25) is 9.98 Å². The van der Waals surface area contributed by atoms with Gasteiger partial charge in [-0.25, -0.2) is 10.1 Å². The largest absolute Gasteiger partial charge is 0.504 e. The number of aromatic nitrogens is 3. The monoisotopic (exact) mass is 843 g/mol. The number of amidine groups is 1. The van der Waals surface area contributed by atoms with Crippen LogP contribution in [0.4, 0.5) is 34.6 Å². The van der Waals surface area contributed by atoms with Crippen molar-refractivity contribution in [3.05, 3.63) is 107 Å². The fourth-order valence-corrected chi connectivity index (χ4v) is 6.41. The maximum Gasteiger partial charge on any atom is 0.338 e. The van der Waals surface area contributed by atoms with E-state index in [1.54, 1.807) is 35.2 Å². The smallest absolute Gasteiger partial charge is 0.338 e. The van der Waals surface area contributed by atoms with Crippen LogP contribution >= 0.6 is 35.4 Å². The lowest BCUT2D eigenvalue weighted by atomic mass is 10.2. The Kier molecular flexibility index (Phi) is 14.9. The highest BCUT2D eigenvalue weighted by molar-refractivity contribution is 7.99. The molecule has 0 fully saturated rings. The van der Waals surface area contributed by atoms with Gasteiger partial charge in [-0.2, -0.15) is 40.2 Å². The number of phenols is 1. The highest BCUT2D eigenvalue weighted by Gasteiger charge is 2.21. The first-order valence-corrected chi connectivity index (χ1v) is 19.6. The van der Waals surface area contributed by atoms with Gasteiger partial charge in [0.25, 0.3) is 10.1 Å². The molecule has 0 saturated carbocycles. The molecule has 0 unspecified atom stereocenters. The van der Waals surface area contributed by atoms with Gasteiger partial charge in [0.15, 0.2) is 5.75 Å². The molecule has 292 valence electrons. The molecule has 1 heterocycles. The van der Waals surface area contributed by atoms with Crippen LogP contribution in [-0.2, 0) is 19.5 Å². The van der Waals surface area contributed by atoms with Crippen LogP contribution in [0.5, 0.6) is 5.75 Å². The van der Waals surface area contributed by atoms with E-state index < -0.39 is 26.7 Å². The number of anilines is 5. The van der Waals surface area contributed by atoms with Crippen molar-refractivity contribution in [1.29, 1.82) is 0 Å². The summed E-state index contributed by atoms with van der Waals surface area (Å²) < 4.78 is 39.1. The van der Waals surface area contributed by atoms with E-state index in [0.717, 1.165) is 17.8 Å². The zero-order chi connectivity index (χ0) is 40.1. The Morgan fingerprint density at radius 3 is 2.34 bits per heavy atom. The Morgan fingerprint density at radius 1 is 0.946 bits per heavy atom. The molecule has 4 aromatic carbocycles. The molecule has 0 aliphatic heterocycles. The number of nitrogens with zero attached hydrogens (tertiary/aromatic N) is 7. The number of rotatable bonds is 18. The number of benzene rings is 4. The molecule has 56 heavy (non-hydrogen) atoms. The van der Waals surface area contributed by atoms with Crippen LogP contribution < -0.4 is 15.6 Å². The first kappa shape index (κ1) is 41.7. The first-order valence-electron chi connectivity index (χ1n) is 15.8. The quantitative estimate of drug-likeness (QED) is 0.00552. The number of carboxylic acids is 1. The summed E-state index contributed by atoms with van der Waals surface area (Å²) in [5, 5.41) is 57.2. The molecule has 0 spiro atoms. The number of nitrogens with one attached hydrogen (secondary N) is 2. The van der Waals surface area contributed by atoms with E-state index in [1.807, 2.05) is 30.3 Å². The number of carbonyl (C=O) groups is 1. The number of hydrogen-bond donors (Lipinski definition) is 7. The molecule has 23 heteroatoms. The molecule has 5 aromatic rings. The van der Waals surface area contributed by atoms with E-state index in [9.17, 15) is 33.1 Å². The highest BCUT2D eigenvalue weighted by atomic mass is 35.5. The number of azo groups is 1. The number of aromatic carboxylic acids is 1. The third-order valence-corrected chi connectivity index (χ3v) is 9.67. The minimum atomic E-state index is -4.87. The van der Waals surface area contributed by atoms with Crippen LogP contribution in [0.15, 0.2) is 116 Å². The molecule has 1 aromatic heterocycles. The third-order valence-electron chi connectivity index (χ3n) is 7.15. The molecular weight excluding hydrogens is 814 g/mol. The molecule has 5 rings (SSSR count). The predicted molar refractivity (Wildman–Crippen MR) is 209 cm³/mol. The molecule has 0 aliphatic carbocycles. The second-order valence-corrected chi connectivity index (χ2v) is 14.6. The van der Waals surface area contributed by atoms with Crippen molar-refractivity contribution in [1.82, 2.24) is 15.0 Å². The van der Waals surface area contributed by atoms with Gasteiger partial charge in [-0.05, 0) is 54.1 Å². The Balaban J connectivity index is 1.51. The lowest BCUT2D eigenvalue weighted by Crippen LogP contribution is -2.23. The SMILES string of the molecule is O=C(O)c1cc(SOOO)ccc1N=NC(=NNc1cc(S(=O)(=O)O)cc(Nc2nc(Cl)nc(N(CCSCCO)c3ccccc3)n2)c1O)c1ccccc1. The number of aliphatic hydroxyl groups excluding tert-OH is 1. The van der Waals surface area contributed by atoms with E-state index in [0.29, 0.717) is 35.7 Å². The fraction of sp³-hybridized carbons (Fsp3) is 0.121. The number of carboxylic acid groups (broad SMARTS) is 1. The minimum absolute atomic E-state index is 0.00947. The Labute approximate surface area is 331 Å². The molecule has 0 aliphatic rings. The van der Waals surface area contributed by atoms with E-state index in [1.165, 1.54) is 30.0 Å². The summed E-state index contributed by atoms with van der Waals surface area (Å²) >= 11 is 8.36. The second kappa shape index (κ2) is 19.9. The van der Waals surface area contributed by atoms with Crippen molar-refractivity contribution in [2.24, 2.45) is 15.3 Å². The first-order chi connectivity index (χ1) is 27.0. The van der Waals surface area contributed by atoms with Gasteiger partial charge in [0.2, 0.25) is 23.0 Å². The summed E-state index contributed by atoms with van der Waals surface area (Å²) in [4.78, 5) is 26.1. The molecular formula is C33H30ClN9O10S3. The summed E-state index contributed by atoms with van der Waals surface area (Å²) in [5.41, 5.74) is 2.62. The van der Waals surface area contributed by atoms with Gasteiger partial charge in [0, 0.05) is 34.2 Å². The summed E-state index contributed by atoms with van der Waals surface area (Å²) in [6.07, 6.45) is 0. The zero-order valence-corrected chi connectivity index (χ0v) is 31.7. The molecule has 0 amide bonds.